The minimum atomic E-state index is -1.18. The second-order valence-electron chi connectivity index (χ2n) is 5.41. The Morgan fingerprint density at radius 3 is 2.77 bits per heavy atom. The quantitative estimate of drug-likeness (QED) is 0.498. The Labute approximate surface area is 154 Å². The van der Waals surface area contributed by atoms with E-state index in [1.54, 1.807) is 11.3 Å². The number of carboxylic acids is 1. The van der Waals surface area contributed by atoms with E-state index in [1.807, 2.05) is 30.3 Å². The van der Waals surface area contributed by atoms with E-state index in [-0.39, 0.29) is 11.4 Å². The fraction of sp³-hybridized carbons (Fsp3) is 0.0588. The first-order chi connectivity index (χ1) is 12.5. The summed E-state index contributed by atoms with van der Waals surface area (Å²) in [6.07, 6.45) is 1.40. The van der Waals surface area contributed by atoms with E-state index < -0.39 is 18.4 Å². The van der Waals surface area contributed by atoms with E-state index in [1.165, 1.54) is 17.5 Å². The summed E-state index contributed by atoms with van der Waals surface area (Å²) >= 11 is 2.86. The van der Waals surface area contributed by atoms with Crippen LogP contribution in [0.4, 0.5) is 0 Å². The summed E-state index contributed by atoms with van der Waals surface area (Å²) in [6, 6.07) is 10.0. The van der Waals surface area contributed by atoms with Gasteiger partial charge >= 0.3 is 5.97 Å². The molecule has 0 saturated heterocycles. The van der Waals surface area contributed by atoms with Crippen LogP contribution >= 0.6 is 22.7 Å². The molecule has 1 amide bonds. The third-order valence-corrected chi connectivity index (χ3v) is 6.02. The predicted molar refractivity (Wildman–Crippen MR) is 99.9 cm³/mol. The molecular formula is C17H11N3O4S2. The molecule has 0 atom stereocenters. The minimum Gasteiger partial charge on any atom is -0.504 e. The Kier molecular flexibility index (Phi) is 4.02. The highest BCUT2D eigenvalue weighted by Crippen LogP contribution is 2.40. The van der Waals surface area contributed by atoms with Crippen molar-refractivity contribution in [2.75, 3.05) is 6.54 Å². The lowest BCUT2D eigenvalue weighted by Gasteiger charge is -2.03. The van der Waals surface area contributed by atoms with Crippen molar-refractivity contribution in [3.63, 3.8) is 0 Å². The highest BCUT2D eigenvalue weighted by atomic mass is 32.1. The van der Waals surface area contributed by atoms with Gasteiger partial charge in [0.1, 0.15) is 21.8 Å². The molecule has 3 N–H and O–H groups in total. The number of aromatic nitrogens is 2. The molecule has 3 aromatic heterocycles. The first-order valence-electron chi connectivity index (χ1n) is 7.50. The summed E-state index contributed by atoms with van der Waals surface area (Å²) < 4.78 is 1.57. The van der Waals surface area contributed by atoms with Crippen molar-refractivity contribution in [2.45, 2.75) is 0 Å². The van der Waals surface area contributed by atoms with Crippen LogP contribution in [-0.2, 0) is 4.79 Å². The third-order valence-electron chi connectivity index (χ3n) is 3.66. The number of amides is 1. The first-order valence-corrected chi connectivity index (χ1v) is 9.13. The van der Waals surface area contributed by atoms with Crippen molar-refractivity contribution in [2.24, 2.45) is 0 Å². The number of hydrogen-bond donors (Lipinski definition) is 3. The first kappa shape index (κ1) is 16.4. The summed E-state index contributed by atoms with van der Waals surface area (Å²) in [5.41, 5.74) is 0.264. The Bertz CT molecular complexity index is 1130. The lowest BCUT2D eigenvalue weighted by Crippen LogP contribution is -2.29. The fourth-order valence-electron chi connectivity index (χ4n) is 2.48. The number of nitrogens with zero attached hydrogens (tertiary/aromatic N) is 2. The van der Waals surface area contributed by atoms with Gasteiger partial charge in [0.2, 0.25) is 0 Å². The zero-order chi connectivity index (χ0) is 18.3. The molecule has 0 aliphatic carbocycles. The van der Waals surface area contributed by atoms with E-state index >= 15 is 0 Å². The van der Waals surface area contributed by atoms with E-state index in [0.717, 1.165) is 20.0 Å². The average Bonchev–Trinajstić information content (AvgIpc) is 3.24. The molecule has 4 aromatic rings. The van der Waals surface area contributed by atoms with Gasteiger partial charge in [0.05, 0.1) is 11.1 Å². The summed E-state index contributed by atoms with van der Waals surface area (Å²) in [4.78, 5) is 31.9. The van der Waals surface area contributed by atoms with Gasteiger partial charge in [-0.1, -0.05) is 18.2 Å². The van der Waals surface area contributed by atoms with Gasteiger partial charge in [-0.15, -0.1) is 22.7 Å². The van der Waals surface area contributed by atoms with Crippen molar-refractivity contribution in [1.29, 1.82) is 0 Å². The molecule has 4 rings (SSSR count). The van der Waals surface area contributed by atoms with Crippen LogP contribution in [0.25, 0.3) is 30.2 Å². The highest BCUT2D eigenvalue weighted by Gasteiger charge is 2.20. The molecule has 0 spiro atoms. The van der Waals surface area contributed by atoms with Crippen molar-refractivity contribution >= 4 is 54.9 Å². The molecule has 0 aliphatic heterocycles. The molecule has 0 fully saturated rings. The molecule has 0 unspecified atom stereocenters. The highest BCUT2D eigenvalue weighted by molar-refractivity contribution is 7.28. The maximum Gasteiger partial charge on any atom is 0.322 e. The van der Waals surface area contributed by atoms with Crippen LogP contribution in [0.15, 0.2) is 36.5 Å². The van der Waals surface area contributed by atoms with Crippen LogP contribution < -0.4 is 5.32 Å². The minimum absolute atomic E-state index is 0.217. The monoisotopic (exact) mass is 385 g/mol. The smallest absolute Gasteiger partial charge is 0.322 e. The lowest BCUT2D eigenvalue weighted by molar-refractivity contribution is -0.135. The van der Waals surface area contributed by atoms with Crippen molar-refractivity contribution in [3.8, 4) is 15.6 Å². The Morgan fingerprint density at radius 2 is 2.00 bits per heavy atom. The normalized spacial score (nSPS) is 11.1. The fourth-order valence-corrected chi connectivity index (χ4v) is 4.57. The van der Waals surface area contributed by atoms with Crippen LogP contribution in [-0.4, -0.2) is 38.6 Å². The molecule has 0 saturated carbocycles. The Morgan fingerprint density at radius 1 is 1.19 bits per heavy atom. The molecule has 26 heavy (non-hydrogen) atoms. The van der Waals surface area contributed by atoms with Gasteiger partial charge in [-0.05, 0) is 17.5 Å². The van der Waals surface area contributed by atoms with Crippen LogP contribution in [0.2, 0.25) is 0 Å². The number of benzene rings is 1. The zero-order valence-electron chi connectivity index (χ0n) is 13.1. The summed E-state index contributed by atoms with van der Waals surface area (Å²) in [5, 5.41) is 23.0. The molecule has 0 radical (unpaired) electrons. The van der Waals surface area contributed by atoms with Crippen molar-refractivity contribution in [3.05, 3.63) is 42.2 Å². The molecule has 7 nitrogen and oxygen atoms in total. The predicted octanol–water partition coefficient (Wildman–Crippen LogP) is 3.09. The average molecular weight is 385 g/mol. The van der Waals surface area contributed by atoms with Crippen LogP contribution in [0, 0.1) is 0 Å². The van der Waals surface area contributed by atoms with Crippen molar-refractivity contribution in [1.82, 2.24) is 15.3 Å². The van der Waals surface area contributed by atoms with Gasteiger partial charge < -0.3 is 15.5 Å². The molecule has 1 aromatic carbocycles. The second kappa shape index (κ2) is 6.36. The molecule has 0 bridgehead atoms. The number of fused-ring (bicyclic) bond motifs is 2. The van der Waals surface area contributed by atoms with Gasteiger partial charge in [-0.2, -0.15) is 0 Å². The SMILES string of the molecule is O=C(O)CNC(=O)c1ncc2nc(-c3cc4ccccc4s3)sc2c1O. The van der Waals surface area contributed by atoms with Crippen LogP contribution in [0.1, 0.15) is 10.5 Å². The van der Waals surface area contributed by atoms with E-state index in [2.05, 4.69) is 15.3 Å². The number of thiophene rings is 1. The van der Waals surface area contributed by atoms with Gasteiger partial charge in [0, 0.05) is 4.70 Å². The third kappa shape index (κ3) is 2.87. The molecule has 130 valence electrons. The standard InChI is InChI=1S/C17H11N3O4S2/c21-12(22)7-19-16(24)13-14(23)15-9(6-18-13)20-17(26-15)11-5-8-3-1-2-4-10(8)25-11/h1-6,23H,7H2,(H,19,24)(H,21,22). The maximum absolute atomic E-state index is 12.0. The number of carbonyl (C=O) groups excluding carboxylic acids is 1. The number of rotatable bonds is 4. The van der Waals surface area contributed by atoms with E-state index in [0.29, 0.717) is 10.2 Å². The number of nitrogens with one attached hydrogen (secondary N) is 1. The van der Waals surface area contributed by atoms with Gasteiger partial charge in [0.15, 0.2) is 11.4 Å². The van der Waals surface area contributed by atoms with Gasteiger partial charge in [0.25, 0.3) is 5.91 Å². The zero-order valence-corrected chi connectivity index (χ0v) is 14.7. The topological polar surface area (TPSA) is 112 Å². The number of aliphatic carboxylic acids is 1. The molecule has 9 heteroatoms. The van der Waals surface area contributed by atoms with Crippen LogP contribution in [0.3, 0.4) is 0 Å². The van der Waals surface area contributed by atoms with Gasteiger partial charge in [-0.3, -0.25) is 9.59 Å². The number of carbonyl (C=O) groups is 2. The maximum atomic E-state index is 12.0. The summed E-state index contributed by atoms with van der Waals surface area (Å²) in [7, 11) is 0. The number of carboxylic acid groups (broad SMARTS) is 1. The summed E-state index contributed by atoms with van der Waals surface area (Å²) in [6.45, 7) is -0.548. The number of pyridine rings is 1. The van der Waals surface area contributed by atoms with E-state index in [9.17, 15) is 14.7 Å². The Balaban J connectivity index is 1.74. The van der Waals surface area contributed by atoms with Gasteiger partial charge in [-0.25, -0.2) is 9.97 Å². The summed E-state index contributed by atoms with van der Waals surface area (Å²) in [5.74, 6) is -2.22. The second-order valence-corrected chi connectivity index (χ2v) is 7.50. The van der Waals surface area contributed by atoms with Crippen LogP contribution in [0.5, 0.6) is 5.75 Å². The Hall–Kier alpha value is -3.04. The van der Waals surface area contributed by atoms with Crippen molar-refractivity contribution < 1.29 is 19.8 Å². The lowest BCUT2D eigenvalue weighted by atomic mass is 10.2. The molecule has 0 aliphatic rings. The van der Waals surface area contributed by atoms with E-state index in [4.69, 9.17) is 5.11 Å². The molecule has 3 heterocycles. The number of hydrogen-bond acceptors (Lipinski definition) is 7. The number of thiazole rings is 1. The largest absolute Gasteiger partial charge is 0.504 e. The number of aromatic hydroxyl groups is 1. The molecular weight excluding hydrogens is 374 g/mol.